The van der Waals surface area contributed by atoms with E-state index < -0.39 is 0 Å². The molecule has 0 saturated carbocycles. The number of hydrogen-bond acceptors (Lipinski definition) is 3. The second kappa shape index (κ2) is 7.76. The molecule has 0 aliphatic carbocycles. The second-order valence-electron chi connectivity index (χ2n) is 5.91. The van der Waals surface area contributed by atoms with E-state index in [0.29, 0.717) is 6.04 Å². The molecule has 1 heterocycles. The zero-order valence-corrected chi connectivity index (χ0v) is 13.5. The van der Waals surface area contributed by atoms with Crippen LogP contribution in [-0.4, -0.2) is 44.2 Å². The first-order valence-corrected chi connectivity index (χ1v) is 8.10. The minimum absolute atomic E-state index is 0.0924. The first kappa shape index (κ1) is 16.2. The van der Waals surface area contributed by atoms with Crippen LogP contribution in [-0.2, 0) is 6.54 Å². The Morgan fingerprint density at radius 3 is 2.81 bits per heavy atom. The SMILES string of the molecule is CCCNCc1cccc(F)c1N1CCN(C)C(CC)C1. The number of halogens is 1. The van der Waals surface area contributed by atoms with Crippen LogP contribution in [0.15, 0.2) is 18.2 Å². The Labute approximate surface area is 128 Å². The zero-order valence-electron chi connectivity index (χ0n) is 13.5. The summed E-state index contributed by atoms with van der Waals surface area (Å²) in [6.07, 6.45) is 2.20. The number of para-hydroxylation sites is 1. The summed E-state index contributed by atoms with van der Waals surface area (Å²) < 4.78 is 14.4. The third-order valence-corrected chi connectivity index (χ3v) is 4.38. The van der Waals surface area contributed by atoms with Gasteiger partial charge >= 0.3 is 0 Å². The molecule has 3 nitrogen and oxygen atoms in total. The van der Waals surface area contributed by atoms with E-state index in [9.17, 15) is 4.39 Å². The Bertz CT molecular complexity index is 450. The van der Waals surface area contributed by atoms with E-state index in [1.54, 1.807) is 6.07 Å². The maximum Gasteiger partial charge on any atom is 0.146 e. The summed E-state index contributed by atoms with van der Waals surface area (Å²) in [7, 11) is 2.16. The molecule has 1 aliphatic rings. The van der Waals surface area contributed by atoms with Crippen molar-refractivity contribution in [1.82, 2.24) is 10.2 Å². The lowest BCUT2D eigenvalue weighted by molar-refractivity contribution is 0.212. The molecular weight excluding hydrogens is 265 g/mol. The maximum atomic E-state index is 14.4. The quantitative estimate of drug-likeness (QED) is 0.814. The molecule has 1 atom stereocenters. The average Bonchev–Trinajstić information content (AvgIpc) is 2.49. The Hall–Kier alpha value is -1.13. The van der Waals surface area contributed by atoms with Crippen LogP contribution >= 0.6 is 0 Å². The van der Waals surface area contributed by atoms with Crippen molar-refractivity contribution in [3.05, 3.63) is 29.6 Å². The maximum absolute atomic E-state index is 14.4. The van der Waals surface area contributed by atoms with Gasteiger partial charge in [0.05, 0.1) is 5.69 Å². The van der Waals surface area contributed by atoms with Gasteiger partial charge in [0.2, 0.25) is 0 Å². The van der Waals surface area contributed by atoms with E-state index >= 15 is 0 Å². The van der Waals surface area contributed by atoms with Crippen LogP contribution < -0.4 is 10.2 Å². The second-order valence-corrected chi connectivity index (χ2v) is 5.91. The van der Waals surface area contributed by atoms with E-state index in [4.69, 9.17) is 0 Å². The van der Waals surface area contributed by atoms with Crippen LogP contribution in [0.25, 0.3) is 0 Å². The summed E-state index contributed by atoms with van der Waals surface area (Å²) >= 11 is 0. The molecule has 0 radical (unpaired) electrons. The molecule has 1 unspecified atom stereocenters. The van der Waals surface area contributed by atoms with Crippen molar-refractivity contribution in [3.8, 4) is 0 Å². The van der Waals surface area contributed by atoms with E-state index in [-0.39, 0.29) is 5.82 Å². The lowest BCUT2D eigenvalue weighted by Gasteiger charge is -2.41. The molecule has 0 aromatic heterocycles. The lowest BCUT2D eigenvalue weighted by Crippen LogP contribution is -2.51. The molecule has 1 saturated heterocycles. The molecule has 0 spiro atoms. The molecule has 0 amide bonds. The summed E-state index contributed by atoms with van der Waals surface area (Å²) in [5, 5.41) is 3.39. The monoisotopic (exact) mass is 293 g/mol. The molecule has 1 aromatic rings. The average molecular weight is 293 g/mol. The molecule has 1 aromatic carbocycles. The number of anilines is 1. The van der Waals surface area contributed by atoms with Gasteiger partial charge in [0.1, 0.15) is 5.82 Å². The molecule has 1 fully saturated rings. The normalized spacial score (nSPS) is 20.0. The number of nitrogens with zero attached hydrogens (tertiary/aromatic N) is 2. The number of piperazine rings is 1. The van der Waals surface area contributed by atoms with Crippen LogP contribution in [0.5, 0.6) is 0 Å². The Balaban J connectivity index is 2.17. The highest BCUT2D eigenvalue weighted by Gasteiger charge is 2.26. The van der Waals surface area contributed by atoms with Gasteiger partial charge in [-0.1, -0.05) is 26.0 Å². The predicted octanol–water partition coefficient (Wildman–Crippen LogP) is 2.86. The van der Waals surface area contributed by atoms with Crippen LogP contribution in [0.3, 0.4) is 0 Å². The molecule has 0 bridgehead atoms. The van der Waals surface area contributed by atoms with Crippen molar-refractivity contribution in [2.75, 3.05) is 38.1 Å². The molecule has 2 rings (SSSR count). The molecule has 21 heavy (non-hydrogen) atoms. The van der Waals surface area contributed by atoms with E-state index in [1.807, 2.05) is 12.1 Å². The molecule has 1 aliphatic heterocycles. The van der Waals surface area contributed by atoms with E-state index in [2.05, 4.69) is 36.0 Å². The third kappa shape index (κ3) is 3.95. The number of nitrogens with one attached hydrogen (secondary N) is 1. The van der Waals surface area contributed by atoms with Gasteiger partial charge in [-0.15, -0.1) is 0 Å². The molecular formula is C17H28FN3. The highest BCUT2D eigenvalue weighted by Crippen LogP contribution is 2.27. The fourth-order valence-electron chi connectivity index (χ4n) is 3.05. The van der Waals surface area contributed by atoms with Gasteiger partial charge in [-0.05, 0) is 38.1 Å². The first-order valence-electron chi connectivity index (χ1n) is 8.10. The highest BCUT2D eigenvalue weighted by atomic mass is 19.1. The summed E-state index contributed by atoms with van der Waals surface area (Å²) in [5.41, 5.74) is 1.87. The van der Waals surface area contributed by atoms with Gasteiger partial charge < -0.3 is 10.2 Å². The minimum atomic E-state index is -0.0924. The van der Waals surface area contributed by atoms with Crippen molar-refractivity contribution in [2.24, 2.45) is 0 Å². The van der Waals surface area contributed by atoms with E-state index in [0.717, 1.165) is 56.8 Å². The fourth-order valence-corrected chi connectivity index (χ4v) is 3.05. The van der Waals surface area contributed by atoms with Gasteiger partial charge in [0.15, 0.2) is 0 Å². The predicted molar refractivity (Wildman–Crippen MR) is 87.3 cm³/mol. The van der Waals surface area contributed by atoms with Crippen molar-refractivity contribution in [1.29, 1.82) is 0 Å². The first-order chi connectivity index (χ1) is 10.2. The third-order valence-electron chi connectivity index (χ3n) is 4.38. The van der Waals surface area contributed by atoms with Crippen LogP contribution in [0.2, 0.25) is 0 Å². The Morgan fingerprint density at radius 1 is 1.29 bits per heavy atom. The minimum Gasteiger partial charge on any atom is -0.366 e. The standard InChI is InChI=1S/C17H28FN3/c1-4-9-19-12-14-7-6-8-16(18)17(14)21-11-10-20(3)15(5-2)13-21/h6-8,15,19H,4-5,9-13H2,1-3H3. The van der Waals surface area contributed by atoms with Crippen LogP contribution in [0.1, 0.15) is 32.3 Å². The highest BCUT2D eigenvalue weighted by molar-refractivity contribution is 5.55. The van der Waals surface area contributed by atoms with Gasteiger partial charge in [-0.25, -0.2) is 4.39 Å². The number of benzene rings is 1. The van der Waals surface area contributed by atoms with Crippen molar-refractivity contribution in [3.63, 3.8) is 0 Å². The Morgan fingerprint density at radius 2 is 2.10 bits per heavy atom. The largest absolute Gasteiger partial charge is 0.366 e. The van der Waals surface area contributed by atoms with Crippen LogP contribution in [0, 0.1) is 5.82 Å². The van der Waals surface area contributed by atoms with Gasteiger partial charge in [-0.3, -0.25) is 4.90 Å². The van der Waals surface area contributed by atoms with Crippen molar-refractivity contribution < 1.29 is 4.39 Å². The zero-order chi connectivity index (χ0) is 15.2. The summed E-state index contributed by atoms with van der Waals surface area (Å²) in [5.74, 6) is -0.0924. The Kier molecular flexibility index (Phi) is 6.00. The molecule has 1 N–H and O–H groups in total. The smallest absolute Gasteiger partial charge is 0.146 e. The van der Waals surface area contributed by atoms with Gasteiger partial charge in [0, 0.05) is 32.2 Å². The molecule has 118 valence electrons. The number of rotatable bonds is 6. The van der Waals surface area contributed by atoms with Gasteiger partial charge in [0.25, 0.3) is 0 Å². The fraction of sp³-hybridized carbons (Fsp3) is 0.647. The summed E-state index contributed by atoms with van der Waals surface area (Å²) in [4.78, 5) is 4.61. The topological polar surface area (TPSA) is 18.5 Å². The number of hydrogen-bond donors (Lipinski definition) is 1. The lowest BCUT2D eigenvalue weighted by atomic mass is 10.1. The number of likely N-dealkylation sites (N-methyl/N-ethyl adjacent to an activating group) is 1. The van der Waals surface area contributed by atoms with Gasteiger partial charge in [-0.2, -0.15) is 0 Å². The van der Waals surface area contributed by atoms with E-state index in [1.165, 1.54) is 0 Å². The molecule has 4 heteroatoms. The van der Waals surface area contributed by atoms with Crippen molar-refractivity contribution in [2.45, 2.75) is 39.3 Å². The summed E-state index contributed by atoms with van der Waals surface area (Å²) in [6.45, 7) is 8.86. The van der Waals surface area contributed by atoms with Crippen LogP contribution in [0.4, 0.5) is 10.1 Å². The summed E-state index contributed by atoms with van der Waals surface area (Å²) in [6, 6.07) is 5.95. The van der Waals surface area contributed by atoms with Crippen molar-refractivity contribution >= 4 is 5.69 Å².